The van der Waals surface area contributed by atoms with Crippen molar-refractivity contribution in [1.29, 1.82) is 0 Å². The second-order valence-corrected chi connectivity index (χ2v) is 8.52. The monoisotopic (exact) mass is 381 g/mol. The fraction of sp³-hybridized carbons (Fsp3) is 0.632. The third-order valence-electron chi connectivity index (χ3n) is 5.21. The van der Waals surface area contributed by atoms with Gasteiger partial charge in [-0.15, -0.1) is 0 Å². The number of hydrogen-bond donors (Lipinski definition) is 2. The molecule has 0 unspecified atom stereocenters. The number of aliphatic hydroxyl groups excluding tert-OH is 1. The fourth-order valence-corrected chi connectivity index (χ4v) is 4.90. The minimum absolute atomic E-state index is 0.239. The lowest BCUT2D eigenvalue weighted by molar-refractivity contribution is 0.164. The van der Waals surface area contributed by atoms with Crippen molar-refractivity contribution in [3.8, 4) is 0 Å². The molecule has 0 aliphatic carbocycles. The first kappa shape index (κ1) is 19.0. The minimum Gasteiger partial charge on any atom is -0.395 e. The maximum atomic E-state index is 9.09. The molecule has 4 nitrogen and oxygen atoms in total. The molecule has 1 aromatic heterocycles. The van der Waals surface area contributed by atoms with Crippen LogP contribution in [0, 0.1) is 0 Å². The molecule has 2 aromatic rings. The molecule has 25 heavy (non-hydrogen) atoms. The number of thioether (sulfide) groups is 1. The van der Waals surface area contributed by atoms with Crippen LogP contribution in [-0.4, -0.2) is 51.5 Å². The normalized spacial score (nSPS) is 17.0. The highest BCUT2D eigenvalue weighted by Gasteiger charge is 2.23. The van der Waals surface area contributed by atoms with Crippen LogP contribution in [0.3, 0.4) is 0 Å². The second kappa shape index (κ2) is 8.76. The van der Waals surface area contributed by atoms with E-state index in [2.05, 4.69) is 29.8 Å². The molecule has 0 atom stereocenters. The highest BCUT2D eigenvalue weighted by molar-refractivity contribution is 7.99. The molecular weight excluding hydrogens is 354 g/mol. The van der Waals surface area contributed by atoms with E-state index < -0.39 is 0 Å². The molecule has 3 rings (SSSR count). The number of aromatic amines is 1. The van der Waals surface area contributed by atoms with Crippen LogP contribution in [0.5, 0.6) is 0 Å². The summed E-state index contributed by atoms with van der Waals surface area (Å²) in [5.74, 6) is 0.491. The molecule has 1 aromatic carbocycles. The number of nitrogens with zero attached hydrogens (tertiary/aromatic N) is 2. The number of aliphatic hydroxyl groups is 1. The lowest BCUT2D eigenvalue weighted by Gasteiger charge is -2.32. The quantitative estimate of drug-likeness (QED) is 0.684. The van der Waals surface area contributed by atoms with Gasteiger partial charge in [-0.05, 0) is 62.4 Å². The number of β-amino-alcohol motifs (C(OH)–C–C–N with tert-alkyl or cyclic N) is 1. The molecule has 1 saturated heterocycles. The Morgan fingerprint density at radius 2 is 2.04 bits per heavy atom. The Morgan fingerprint density at radius 1 is 1.32 bits per heavy atom. The van der Waals surface area contributed by atoms with Gasteiger partial charge in [0.1, 0.15) is 0 Å². The second-order valence-electron chi connectivity index (χ2n) is 6.83. The lowest BCUT2D eigenvalue weighted by atomic mass is 9.89. The van der Waals surface area contributed by atoms with E-state index in [1.165, 1.54) is 5.56 Å². The first-order valence-corrected chi connectivity index (χ1v) is 10.6. The van der Waals surface area contributed by atoms with Gasteiger partial charge in [0.15, 0.2) is 5.16 Å². The lowest BCUT2D eigenvalue weighted by Crippen LogP contribution is -2.35. The first-order chi connectivity index (χ1) is 12.1. The number of imidazole rings is 1. The molecular formula is C19H28ClN3OS. The van der Waals surface area contributed by atoms with Crippen molar-refractivity contribution >= 4 is 34.4 Å². The summed E-state index contributed by atoms with van der Waals surface area (Å²) >= 11 is 8.42. The smallest absolute Gasteiger partial charge is 0.166 e. The van der Waals surface area contributed by atoms with Gasteiger partial charge in [-0.3, -0.25) is 0 Å². The molecule has 138 valence electrons. The predicted octanol–water partition coefficient (Wildman–Crippen LogP) is 4.67. The standard InChI is InChI=1S/C19H28ClN3OS/c1-3-14(4-2)25-19-21-17-11-15(16(20)12-18(17)22-19)13-5-7-23(8-6-13)9-10-24/h11-14,24H,3-10H2,1-2H3,(H,21,22). The predicted molar refractivity (Wildman–Crippen MR) is 107 cm³/mol. The maximum Gasteiger partial charge on any atom is 0.166 e. The van der Waals surface area contributed by atoms with Crippen molar-refractivity contribution in [3.05, 3.63) is 22.7 Å². The third kappa shape index (κ3) is 4.51. The number of halogens is 1. The summed E-state index contributed by atoms with van der Waals surface area (Å²) in [4.78, 5) is 10.5. The van der Waals surface area contributed by atoms with Crippen LogP contribution in [0.1, 0.15) is 51.0 Å². The van der Waals surface area contributed by atoms with E-state index in [1.54, 1.807) is 0 Å². The number of H-pyrrole nitrogens is 1. The van der Waals surface area contributed by atoms with Gasteiger partial charge in [0.05, 0.1) is 17.6 Å². The highest BCUT2D eigenvalue weighted by atomic mass is 35.5. The Labute approximate surface area is 159 Å². The maximum absolute atomic E-state index is 9.09. The Morgan fingerprint density at radius 3 is 2.68 bits per heavy atom. The number of aromatic nitrogens is 2. The van der Waals surface area contributed by atoms with Crippen LogP contribution in [0.2, 0.25) is 5.02 Å². The van der Waals surface area contributed by atoms with Crippen molar-refractivity contribution in [3.63, 3.8) is 0 Å². The zero-order valence-electron chi connectivity index (χ0n) is 15.1. The van der Waals surface area contributed by atoms with Crippen LogP contribution >= 0.6 is 23.4 Å². The minimum atomic E-state index is 0.239. The van der Waals surface area contributed by atoms with Crippen LogP contribution in [0.25, 0.3) is 11.0 Å². The summed E-state index contributed by atoms with van der Waals surface area (Å²) in [6, 6.07) is 4.22. The number of piperidine rings is 1. The molecule has 0 saturated carbocycles. The van der Waals surface area contributed by atoms with E-state index in [-0.39, 0.29) is 6.61 Å². The number of hydrogen-bond acceptors (Lipinski definition) is 4. The largest absolute Gasteiger partial charge is 0.395 e. The van der Waals surface area contributed by atoms with Crippen molar-refractivity contribution < 1.29 is 5.11 Å². The van der Waals surface area contributed by atoms with Crippen molar-refractivity contribution in [1.82, 2.24) is 14.9 Å². The number of fused-ring (bicyclic) bond motifs is 1. The first-order valence-electron chi connectivity index (χ1n) is 9.33. The van der Waals surface area contributed by atoms with E-state index in [9.17, 15) is 0 Å². The van der Waals surface area contributed by atoms with Gasteiger partial charge in [0.2, 0.25) is 0 Å². The summed E-state index contributed by atoms with van der Waals surface area (Å²) in [5, 5.41) is 11.5. The average molecular weight is 382 g/mol. The van der Waals surface area contributed by atoms with Gasteiger partial charge in [0.25, 0.3) is 0 Å². The van der Waals surface area contributed by atoms with Crippen LogP contribution in [0.15, 0.2) is 17.3 Å². The number of likely N-dealkylation sites (tertiary alicyclic amines) is 1. The Hall–Kier alpha value is -0.750. The van der Waals surface area contributed by atoms with Crippen LogP contribution < -0.4 is 0 Å². The summed E-state index contributed by atoms with van der Waals surface area (Å²) in [6.07, 6.45) is 4.48. The van der Waals surface area contributed by atoms with Crippen molar-refractivity contribution in [2.45, 2.75) is 55.9 Å². The number of nitrogens with one attached hydrogen (secondary N) is 1. The topological polar surface area (TPSA) is 52.1 Å². The summed E-state index contributed by atoms with van der Waals surface area (Å²) in [7, 11) is 0. The van der Waals surface area contributed by atoms with Gasteiger partial charge in [-0.1, -0.05) is 37.2 Å². The third-order valence-corrected chi connectivity index (χ3v) is 6.96. The molecule has 6 heteroatoms. The Balaban J connectivity index is 1.77. The van der Waals surface area contributed by atoms with Gasteiger partial charge in [-0.2, -0.15) is 0 Å². The van der Waals surface area contributed by atoms with Crippen LogP contribution in [-0.2, 0) is 0 Å². The molecule has 2 N–H and O–H groups in total. The fourth-order valence-electron chi connectivity index (χ4n) is 3.62. The summed E-state index contributed by atoms with van der Waals surface area (Å²) < 4.78 is 0. The van der Waals surface area contributed by atoms with Crippen molar-refractivity contribution in [2.75, 3.05) is 26.2 Å². The van der Waals surface area contributed by atoms with Gasteiger partial charge in [0, 0.05) is 16.8 Å². The zero-order chi connectivity index (χ0) is 17.8. The van der Waals surface area contributed by atoms with Gasteiger partial charge >= 0.3 is 0 Å². The van der Waals surface area contributed by atoms with Crippen LogP contribution in [0.4, 0.5) is 0 Å². The molecule has 2 heterocycles. The van der Waals surface area contributed by atoms with E-state index in [0.29, 0.717) is 11.2 Å². The molecule has 0 radical (unpaired) electrons. The van der Waals surface area contributed by atoms with E-state index >= 15 is 0 Å². The summed E-state index contributed by atoms with van der Waals surface area (Å²) in [5.41, 5.74) is 3.28. The Kier molecular flexibility index (Phi) is 6.67. The van der Waals surface area contributed by atoms with E-state index in [1.807, 2.05) is 17.8 Å². The molecule has 0 amide bonds. The van der Waals surface area contributed by atoms with Gasteiger partial charge < -0.3 is 15.0 Å². The SMILES string of the molecule is CCC(CC)Sc1nc2cc(Cl)c(C3CCN(CCO)CC3)cc2[nH]1. The number of benzene rings is 1. The molecule has 1 aliphatic rings. The van der Waals surface area contributed by atoms with E-state index in [0.717, 1.165) is 66.5 Å². The molecule has 0 spiro atoms. The molecule has 0 bridgehead atoms. The average Bonchev–Trinajstić information content (AvgIpc) is 3.01. The summed E-state index contributed by atoms with van der Waals surface area (Å²) in [6.45, 7) is 7.51. The highest BCUT2D eigenvalue weighted by Crippen LogP contribution is 2.36. The van der Waals surface area contributed by atoms with Crippen molar-refractivity contribution in [2.24, 2.45) is 0 Å². The zero-order valence-corrected chi connectivity index (χ0v) is 16.7. The molecule has 1 aliphatic heterocycles. The number of rotatable bonds is 7. The van der Waals surface area contributed by atoms with E-state index in [4.69, 9.17) is 21.7 Å². The molecule has 1 fully saturated rings. The Bertz CT molecular complexity index is 693. The van der Waals surface area contributed by atoms with Gasteiger partial charge in [-0.25, -0.2) is 4.98 Å².